The largest absolute Gasteiger partial charge is 0.481 e. The number of nitro benzene ring substituents is 1. The lowest BCUT2D eigenvalue weighted by Gasteiger charge is -2.39. The molecule has 1 heterocycles. The Morgan fingerprint density at radius 2 is 2.00 bits per heavy atom. The van der Waals surface area contributed by atoms with E-state index < -0.39 is 42.2 Å². The summed E-state index contributed by atoms with van der Waals surface area (Å²) in [5.41, 5.74) is -0.251. The Morgan fingerprint density at radius 1 is 1.32 bits per heavy atom. The maximum absolute atomic E-state index is 10.6. The number of non-ortho nitro benzene ring substituents is 1. The van der Waals surface area contributed by atoms with Gasteiger partial charge in [0.25, 0.3) is 5.69 Å². The van der Waals surface area contributed by atoms with Crippen LogP contribution in [0.2, 0.25) is 5.02 Å². The molecule has 0 aliphatic carbocycles. The first-order valence-corrected chi connectivity index (χ1v) is 6.64. The van der Waals surface area contributed by atoms with E-state index >= 15 is 0 Å². The van der Waals surface area contributed by atoms with Crippen molar-refractivity contribution in [2.45, 2.75) is 30.7 Å². The van der Waals surface area contributed by atoms with E-state index in [1.165, 1.54) is 6.07 Å². The van der Waals surface area contributed by atoms with Crippen LogP contribution in [0.25, 0.3) is 0 Å². The minimum absolute atomic E-state index is 0.0337. The van der Waals surface area contributed by atoms with E-state index in [1.54, 1.807) is 0 Å². The van der Waals surface area contributed by atoms with Gasteiger partial charge in [-0.1, -0.05) is 11.6 Å². The number of rotatable bonds is 4. The molecule has 1 aliphatic rings. The van der Waals surface area contributed by atoms with Gasteiger partial charge in [0.2, 0.25) is 0 Å². The molecule has 1 aromatic rings. The number of nitro groups is 1. The molecule has 9 nitrogen and oxygen atoms in total. The van der Waals surface area contributed by atoms with Crippen LogP contribution in [0, 0.1) is 10.1 Å². The van der Waals surface area contributed by atoms with Crippen molar-refractivity contribution >= 4 is 17.3 Å². The molecule has 22 heavy (non-hydrogen) atoms. The second-order valence-electron chi connectivity index (χ2n) is 4.68. The summed E-state index contributed by atoms with van der Waals surface area (Å²) in [6.45, 7) is -0.597. The van der Waals surface area contributed by atoms with Gasteiger partial charge in [0.05, 0.1) is 16.6 Å². The van der Waals surface area contributed by atoms with Gasteiger partial charge in [-0.15, -0.1) is 0 Å². The second kappa shape index (κ2) is 6.73. The highest BCUT2D eigenvalue weighted by Crippen LogP contribution is 2.32. The van der Waals surface area contributed by atoms with Gasteiger partial charge >= 0.3 is 0 Å². The molecule has 10 heteroatoms. The lowest BCUT2D eigenvalue weighted by molar-refractivity contribution is -0.384. The molecule has 1 aliphatic heterocycles. The smallest absolute Gasteiger partial charge is 0.271 e. The third-order valence-electron chi connectivity index (χ3n) is 3.23. The number of aliphatic hydroxyl groups excluding tert-OH is 4. The summed E-state index contributed by atoms with van der Waals surface area (Å²) >= 11 is 5.84. The minimum Gasteiger partial charge on any atom is -0.481 e. The van der Waals surface area contributed by atoms with Crippen LogP contribution in [0.15, 0.2) is 18.2 Å². The normalized spacial score (nSPS) is 31.8. The zero-order valence-corrected chi connectivity index (χ0v) is 11.8. The van der Waals surface area contributed by atoms with E-state index in [4.69, 9.17) is 26.2 Å². The van der Waals surface area contributed by atoms with Gasteiger partial charge in [0.15, 0.2) is 12.4 Å². The average molecular weight is 336 g/mol. The Kier molecular flexibility index (Phi) is 5.16. The van der Waals surface area contributed by atoms with E-state index in [9.17, 15) is 25.4 Å². The van der Waals surface area contributed by atoms with Crippen molar-refractivity contribution in [1.82, 2.24) is 0 Å². The number of hydrogen-bond acceptors (Lipinski definition) is 8. The zero-order valence-electron chi connectivity index (χ0n) is 11.1. The van der Waals surface area contributed by atoms with E-state index in [0.29, 0.717) is 0 Å². The molecule has 0 amide bonds. The summed E-state index contributed by atoms with van der Waals surface area (Å²) in [5, 5.41) is 48.9. The van der Waals surface area contributed by atoms with Crippen molar-refractivity contribution in [3.05, 3.63) is 33.3 Å². The SMILES string of the molecule is O=[N+]([O-])c1ccc(O[C@@H]2[C@@H](O)[C@@H](O)[C@@H](CO)O[C@H]2O)c(Cl)c1. The van der Waals surface area contributed by atoms with Crippen molar-refractivity contribution in [2.24, 2.45) is 0 Å². The summed E-state index contributed by atoms with van der Waals surface area (Å²) in [6.07, 6.45) is -7.18. The van der Waals surface area contributed by atoms with Gasteiger partial charge in [-0.2, -0.15) is 0 Å². The van der Waals surface area contributed by atoms with Crippen LogP contribution in [0.5, 0.6) is 5.75 Å². The van der Waals surface area contributed by atoms with Gasteiger partial charge in [0, 0.05) is 12.1 Å². The van der Waals surface area contributed by atoms with Crippen LogP contribution in [0.4, 0.5) is 5.69 Å². The van der Waals surface area contributed by atoms with E-state index in [2.05, 4.69) is 0 Å². The fourth-order valence-electron chi connectivity index (χ4n) is 2.04. The van der Waals surface area contributed by atoms with E-state index in [1.807, 2.05) is 0 Å². The quantitative estimate of drug-likeness (QED) is 0.423. The van der Waals surface area contributed by atoms with Crippen LogP contribution in [0.3, 0.4) is 0 Å². The predicted octanol–water partition coefficient (Wildman–Crippen LogP) is -0.573. The van der Waals surface area contributed by atoms with Crippen LogP contribution < -0.4 is 4.74 Å². The number of halogens is 1. The monoisotopic (exact) mass is 335 g/mol. The first kappa shape index (κ1) is 16.9. The van der Waals surface area contributed by atoms with Crippen molar-refractivity contribution < 1.29 is 34.8 Å². The number of aliphatic hydroxyl groups is 4. The molecule has 0 unspecified atom stereocenters. The average Bonchev–Trinajstić information content (AvgIpc) is 2.48. The third-order valence-corrected chi connectivity index (χ3v) is 3.53. The fraction of sp³-hybridized carbons (Fsp3) is 0.500. The van der Waals surface area contributed by atoms with Crippen molar-refractivity contribution in [1.29, 1.82) is 0 Å². The highest BCUT2D eigenvalue weighted by atomic mass is 35.5. The molecule has 4 N–H and O–H groups in total. The molecule has 1 saturated heterocycles. The summed E-state index contributed by atoms with van der Waals surface area (Å²) in [6, 6.07) is 3.38. The first-order chi connectivity index (χ1) is 10.3. The van der Waals surface area contributed by atoms with Crippen LogP contribution in [-0.2, 0) is 4.74 Å². The molecule has 0 bridgehead atoms. The first-order valence-electron chi connectivity index (χ1n) is 6.26. The van der Waals surface area contributed by atoms with Gasteiger partial charge in [-0.3, -0.25) is 10.1 Å². The van der Waals surface area contributed by atoms with Crippen molar-refractivity contribution in [3.8, 4) is 5.75 Å². The number of nitrogens with zero attached hydrogens (tertiary/aromatic N) is 1. The van der Waals surface area contributed by atoms with Crippen LogP contribution in [0.1, 0.15) is 0 Å². The molecule has 0 spiro atoms. The number of benzene rings is 1. The molecule has 5 atom stereocenters. The number of hydrogen-bond donors (Lipinski definition) is 4. The maximum Gasteiger partial charge on any atom is 0.271 e. The maximum atomic E-state index is 10.6. The molecule has 122 valence electrons. The summed E-state index contributed by atoms with van der Waals surface area (Å²) < 4.78 is 10.2. The second-order valence-corrected chi connectivity index (χ2v) is 5.09. The lowest BCUT2D eigenvalue weighted by Crippen LogP contribution is -2.60. The minimum atomic E-state index is -1.62. The Balaban J connectivity index is 2.17. The summed E-state index contributed by atoms with van der Waals surface area (Å²) in [5.74, 6) is -0.0337. The van der Waals surface area contributed by atoms with Gasteiger partial charge in [0.1, 0.15) is 24.1 Å². The highest BCUT2D eigenvalue weighted by molar-refractivity contribution is 6.32. The number of ether oxygens (including phenoxy) is 2. The Bertz CT molecular complexity index is 556. The molecule has 1 fully saturated rings. The molecule has 0 saturated carbocycles. The lowest BCUT2D eigenvalue weighted by atomic mass is 9.99. The molecule has 1 aromatic carbocycles. The van der Waals surface area contributed by atoms with Crippen LogP contribution in [-0.4, -0.2) is 62.7 Å². The topological polar surface area (TPSA) is 143 Å². The van der Waals surface area contributed by atoms with Crippen molar-refractivity contribution in [2.75, 3.05) is 6.61 Å². The van der Waals surface area contributed by atoms with Gasteiger partial charge < -0.3 is 29.9 Å². The van der Waals surface area contributed by atoms with Crippen LogP contribution >= 0.6 is 11.6 Å². The van der Waals surface area contributed by atoms with E-state index in [0.717, 1.165) is 12.1 Å². The third kappa shape index (κ3) is 3.29. The Labute approximate surface area is 129 Å². The molecular formula is C12H14ClNO8. The molecular weight excluding hydrogens is 322 g/mol. The zero-order chi connectivity index (χ0) is 16.4. The summed E-state index contributed by atoms with van der Waals surface area (Å²) in [4.78, 5) is 9.98. The fourth-order valence-corrected chi connectivity index (χ4v) is 2.26. The van der Waals surface area contributed by atoms with Crippen molar-refractivity contribution in [3.63, 3.8) is 0 Å². The Morgan fingerprint density at radius 3 is 2.55 bits per heavy atom. The molecule has 2 rings (SSSR count). The highest BCUT2D eigenvalue weighted by Gasteiger charge is 2.45. The molecule has 0 radical (unpaired) electrons. The van der Waals surface area contributed by atoms with Gasteiger partial charge in [-0.05, 0) is 6.07 Å². The van der Waals surface area contributed by atoms with Gasteiger partial charge in [-0.25, -0.2) is 0 Å². The standard InChI is InChI=1S/C12H14ClNO8/c13-6-3-5(14(19)20)1-2-7(6)21-11-10(17)9(16)8(4-15)22-12(11)18/h1-3,8-12,15-18H,4H2/t8-,9+,10+,11-,12-/m1/s1. The van der Waals surface area contributed by atoms with E-state index in [-0.39, 0.29) is 16.5 Å². The Hall–Kier alpha value is -1.49. The predicted molar refractivity (Wildman–Crippen MR) is 72.5 cm³/mol. The molecule has 0 aromatic heterocycles. The summed E-state index contributed by atoms with van der Waals surface area (Å²) in [7, 11) is 0.